The van der Waals surface area contributed by atoms with Crippen LogP contribution in [0.1, 0.15) is 49.8 Å². The van der Waals surface area contributed by atoms with Crippen LogP contribution in [0.4, 0.5) is 0 Å². The summed E-state index contributed by atoms with van der Waals surface area (Å²) in [6.45, 7) is 5.59. The van der Waals surface area contributed by atoms with Gasteiger partial charge in [0.25, 0.3) is 5.91 Å². The van der Waals surface area contributed by atoms with Crippen LogP contribution in [0, 0.1) is 0 Å². The zero-order valence-corrected chi connectivity index (χ0v) is 19.8. The largest absolute Gasteiger partial charge is 0.461 e. The summed E-state index contributed by atoms with van der Waals surface area (Å²) in [7, 11) is 0. The van der Waals surface area contributed by atoms with E-state index in [0.717, 1.165) is 59.9 Å². The molecule has 168 valence electrons. The SMILES string of the molecule is CCOC(=O)c1nc2c(s1)CN(CCCCNC(=O)c1ccc(-c3ccccc3)s1)CC2. The first-order chi connectivity index (χ1) is 15.6. The number of esters is 1. The van der Waals surface area contributed by atoms with E-state index >= 15 is 0 Å². The smallest absolute Gasteiger partial charge is 0.367 e. The minimum Gasteiger partial charge on any atom is -0.461 e. The van der Waals surface area contributed by atoms with Crippen LogP contribution >= 0.6 is 22.7 Å². The first-order valence-corrected chi connectivity index (χ1v) is 12.6. The van der Waals surface area contributed by atoms with Gasteiger partial charge in [-0.3, -0.25) is 9.69 Å². The molecule has 3 heterocycles. The predicted octanol–water partition coefficient (Wildman–Crippen LogP) is 4.62. The van der Waals surface area contributed by atoms with E-state index < -0.39 is 0 Å². The fourth-order valence-corrected chi connectivity index (χ4v) is 5.66. The van der Waals surface area contributed by atoms with Gasteiger partial charge in [0.05, 0.1) is 17.2 Å². The summed E-state index contributed by atoms with van der Waals surface area (Å²) >= 11 is 2.97. The van der Waals surface area contributed by atoms with E-state index in [9.17, 15) is 9.59 Å². The van der Waals surface area contributed by atoms with Crippen molar-refractivity contribution in [2.45, 2.75) is 32.7 Å². The number of nitrogens with one attached hydrogen (secondary N) is 1. The Bertz CT molecular complexity index is 1060. The second-order valence-corrected chi connectivity index (χ2v) is 9.80. The van der Waals surface area contributed by atoms with Crippen molar-refractivity contribution in [2.75, 3.05) is 26.2 Å². The number of thiazole rings is 1. The summed E-state index contributed by atoms with van der Waals surface area (Å²) < 4.78 is 5.06. The monoisotopic (exact) mass is 469 g/mol. The van der Waals surface area contributed by atoms with Gasteiger partial charge in [0.15, 0.2) is 0 Å². The van der Waals surface area contributed by atoms with Gasteiger partial charge >= 0.3 is 5.97 Å². The number of unbranched alkanes of at least 4 members (excludes halogenated alkanes) is 1. The molecule has 6 nitrogen and oxygen atoms in total. The highest BCUT2D eigenvalue weighted by molar-refractivity contribution is 7.17. The third-order valence-electron chi connectivity index (χ3n) is 5.34. The number of nitrogens with zero attached hydrogens (tertiary/aromatic N) is 2. The van der Waals surface area contributed by atoms with Gasteiger partial charge in [0.2, 0.25) is 5.01 Å². The number of amides is 1. The molecule has 0 radical (unpaired) electrons. The molecule has 0 atom stereocenters. The third kappa shape index (κ3) is 5.62. The third-order valence-corrected chi connectivity index (χ3v) is 7.53. The maximum Gasteiger partial charge on any atom is 0.367 e. The molecule has 3 aromatic rings. The van der Waals surface area contributed by atoms with E-state index in [1.807, 2.05) is 30.3 Å². The minimum absolute atomic E-state index is 0.00375. The molecule has 0 fully saturated rings. The predicted molar refractivity (Wildman–Crippen MR) is 128 cm³/mol. The van der Waals surface area contributed by atoms with Crippen molar-refractivity contribution in [3.8, 4) is 10.4 Å². The maximum atomic E-state index is 12.4. The Hall–Kier alpha value is -2.55. The van der Waals surface area contributed by atoms with Crippen LogP contribution in [0.25, 0.3) is 10.4 Å². The molecular weight excluding hydrogens is 442 g/mol. The van der Waals surface area contributed by atoms with Crippen molar-refractivity contribution in [3.63, 3.8) is 0 Å². The van der Waals surface area contributed by atoms with Gasteiger partial charge in [-0.2, -0.15) is 0 Å². The van der Waals surface area contributed by atoms with E-state index in [1.165, 1.54) is 27.6 Å². The normalized spacial score (nSPS) is 13.5. The number of fused-ring (bicyclic) bond motifs is 1. The van der Waals surface area contributed by atoms with Crippen molar-refractivity contribution in [2.24, 2.45) is 0 Å². The van der Waals surface area contributed by atoms with Gasteiger partial charge in [0.1, 0.15) is 0 Å². The summed E-state index contributed by atoms with van der Waals surface area (Å²) in [6, 6.07) is 14.0. The zero-order valence-electron chi connectivity index (χ0n) is 18.1. The average molecular weight is 470 g/mol. The minimum atomic E-state index is -0.323. The lowest BCUT2D eigenvalue weighted by molar-refractivity contribution is 0.0525. The second kappa shape index (κ2) is 10.8. The number of hydrogen-bond acceptors (Lipinski definition) is 7. The van der Waals surface area contributed by atoms with Crippen molar-refractivity contribution < 1.29 is 14.3 Å². The first kappa shape index (κ1) is 22.6. The van der Waals surface area contributed by atoms with Gasteiger partial charge in [0, 0.05) is 35.8 Å². The van der Waals surface area contributed by atoms with Crippen LogP contribution in [-0.2, 0) is 17.7 Å². The molecule has 0 aliphatic carbocycles. The van der Waals surface area contributed by atoms with E-state index in [4.69, 9.17) is 4.74 Å². The number of thiophene rings is 1. The Morgan fingerprint density at radius 3 is 2.78 bits per heavy atom. The summed E-state index contributed by atoms with van der Waals surface area (Å²) in [5, 5.41) is 3.50. The molecular formula is C24H27N3O3S2. The molecule has 4 rings (SSSR count). The second-order valence-electron chi connectivity index (χ2n) is 7.63. The number of carbonyl (C=O) groups is 2. The Kier molecular flexibility index (Phi) is 7.68. The van der Waals surface area contributed by atoms with Gasteiger partial charge in [-0.25, -0.2) is 9.78 Å². The van der Waals surface area contributed by atoms with E-state index in [1.54, 1.807) is 6.92 Å². The molecule has 32 heavy (non-hydrogen) atoms. The maximum absolute atomic E-state index is 12.4. The fraction of sp³-hybridized carbons (Fsp3) is 0.375. The molecule has 0 spiro atoms. The first-order valence-electron chi connectivity index (χ1n) is 11.0. The van der Waals surface area contributed by atoms with E-state index in [-0.39, 0.29) is 11.9 Å². The molecule has 0 saturated heterocycles. The molecule has 0 bridgehead atoms. The molecule has 1 aromatic carbocycles. The van der Waals surface area contributed by atoms with Crippen molar-refractivity contribution in [1.29, 1.82) is 0 Å². The molecule has 1 amide bonds. The van der Waals surface area contributed by atoms with Gasteiger partial charge in [-0.1, -0.05) is 30.3 Å². The van der Waals surface area contributed by atoms with Crippen molar-refractivity contribution in [1.82, 2.24) is 15.2 Å². The summed E-state index contributed by atoms with van der Waals surface area (Å²) in [6.07, 6.45) is 2.81. The van der Waals surface area contributed by atoms with Gasteiger partial charge in [-0.15, -0.1) is 22.7 Å². The van der Waals surface area contributed by atoms with Crippen molar-refractivity contribution in [3.05, 3.63) is 62.9 Å². The molecule has 0 saturated carbocycles. The zero-order chi connectivity index (χ0) is 22.3. The lowest BCUT2D eigenvalue weighted by Gasteiger charge is -2.25. The Morgan fingerprint density at radius 1 is 1.12 bits per heavy atom. The van der Waals surface area contributed by atoms with Gasteiger partial charge in [-0.05, 0) is 44.0 Å². The number of ether oxygens (including phenoxy) is 1. The summed E-state index contributed by atoms with van der Waals surface area (Å²) in [5.41, 5.74) is 2.17. The Morgan fingerprint density at radius 2 is 1.97 bits per heavy atom. The highest BCUT2D eigenvalue weighted by Crippen LogP contribution is 2.28. The number of benzene rings is 1. The van der Waals surface area contributed by atoms with Crippen LogP contribution in [0.3, 0.4) is 0 Å². The van der Waals surface area contributed by atoms with Crippen LogP contribution < -0.4 is 5.32 Å². The fourth-order valence-electron chi connectivity index (χ4n) is 3.69. The lowest BCUT2D eigenvalue weighted by Crippen LogP contribution is -2.31. The van der Waals surface area contributed by atoms with E-state index in [2.05, 4.69) is 27.3 Å². The number of carbonyl (C=O) groups excluding carboxylic acids is 2. The number of hydrogen-bond donors (Lipinski definition) is 1. The summed E-state index contributed by atoms with van der Waals surface area (Å²) in [5.74, 6) is -0.327. The molecule has 8 heteroatoms. The van der Waals surface area contributed by atoms with E-state index in [0.29, 0.717) is 18.2 Å². The quantitative estimate of drug-likeness (QED) is 0.366. The topological polar surface area (TPSA) is 71.5 Å². The van der Waals surface area contributed by atoms with Crippen molar-refractivity contribution >= 4 is 34.6 Å². The van der Waals surface area contributed by atoms with Crippen LogP contribution in [0.15, 0.2) is 42.5 Å². The molecule has 0 unspecified atom stereocenters. The molecule has 1 N–H and O–H groups in total. The highest BCUT2D eigenvalue weighted by atomic mass is 32.1. The average Bonchev–Trinajstić information content (AvgIpc) is 3.47. The number of rotatable bonds is 9. The molecule has 1 aliphatic rings. The Balaban J connectivity index is 1.18. The molecule has 2 aromatic heterocycles. The molecule has 1 aliphatic heterocycles. The standard InChI is InChI=1S/C24H27N3O3S2/c1-2-30-24(29)23-26-18-12-15-27(16-21(18)32-23)14-7-6-13-25-22(28)20-11-10-19(31-20)17-8-4-3-5-9-17/h3-5,8-11H,2,6-7,12-16H2,1H3,(H,25,28). The van der Waals surface area contributed by atoms with Crippen LogP contribution in [0.5, 0.6) is 0 Å². The highest BCUT2D eigenvalue weighted by Gasteiger charge is 2.23. The van der Waals surface area contributed by atoms with Gasteiger partial charge < -0.3 is 10.1 Å². The Labute approximate surface area is 196 Å². The summed E-state index contributed by atoms with van der Waals surface area (Å²) in [4.78, 5) is 34.2. The van der Waals surface area contributed by atoms with Crippen LogP contribution in [0.2, 0.25) is 0 Å². The van der Waals surface area contributed by atoms with Crippen LogP contribution in [-0.4, -0.2) is 48.0 Å². The number of aromatic nitrogens is 1. The lowest BCUT2D eigenvalue weighted by atomic mass is 10.1.